The number of benzene rings is 1. The van der Waals surface area contributed by atoms with E-state index < -0.39 is 11.4 Å². The number of carboxylic acid groups (broad SMARTS) is 1. The van der Waals surface area contributed by atoms with Crippen LogP contribution in [0, 0.1) is 11.3 Å². The zero-order chi connectivity index (χ0) is 14.9. The Kier molecular flexibility index (Phi) is 3.68. The second kappa shape index (κ2) is 5.48. The Balaban J connectivity index is 1.48. The van der Waals surface area contributed by atoms with E-state index in [-0.39, 0.29) is 12.5 Å². The first-order valence-electron chi connectivity index (χ1n) is 7.36. The van der Waals surface area contributed by atoms with Crippen LogP contribution < -0.4 is 5.32 Å². The van der Waals surface area contributed by atoms with Crippen LogP contribution in [0.4, 0.5) is 0 Å². The van der Waals surface area contributed by atoms with Gasteiger partial charge < -0.3 is 10.4 Å². The third-order valence-electron chi connectivity index (χ3n) is 4.66. The van der Waals surface area contributed by atoms with E-state index in [1.165, 1.54) is 0 Å². The van der Waals surface area contributed by atoms with Gasteiger partial charge in [-0.2, -0.15) is 0 Å². The van der Waals surface area contributed by atoms with E-state index >= 15 is 0 Å². The molecule has 1 heterocycles. The maximum Gasteiger partial charge on any atom is 0.311 e. The molecule has 21 heavy (non-hydrogen) atoms. The molecular weight excluding hydrogens is 268 g/mol. The molecule has 1 aliphatic heterocycles. The molecule has 2 aliphatic rings. The summed E-state index contributed by atoms with van der Waals surface area (Å²) < 4.78 is 0. The number of hydrogen-bond acceptors (Lipinski definition) is 3. The normalized spacial score (nSPS) is 27.7. The van der Waals surface area contributed by atoms with E-state index in [9.17, 15) is 14.7 Å². The van der Waals surface area contributed by atoms with Crippen LogP contribution in [0.15, 0.2) is 30.3 Å². The predicted molar refractivity (Wildman–Crippen MR) is 77.5 cm³/mol. The van der Waals surface area contributed by atoms with Crippen LogP contribution in [-0.2, 0) is 16.1 Å². The van der Waals surface area contributed by atoms with Gasteiger partial charge in [0.2, 0.25) is 5.91 Å². The second-order valence-corrected chi connectivity index (χ2v) is 6.12. The third-order valence-corrected chi connectivity index (χ3v) is 4.66. The highest BCUT2D eigenvalue weighted by Crippen LogP contribution is 2.57. The number of likely N-dealkylation sites (tertiary alicyclic amines) is 1. The van der Waals surface area contributed by atoms with Gasteiger partial charge in [-0.15, -0.1) is 0 Å². The van der Waals surface area contributed by atoms with Crippen LogP contribution in [0.3, 0.4) is 0 Å². The number of aliphatic carboxylic acids is 1. The van der Waals surface area contributed by atoms with Crippen molar-refractivity contribution < 1.29 is 14.7 Å². The van der Waals surface area contributed by atoms with Crippen molar-refractivity contribution in [1.29, 1.82) is 0 Å². The van der Waals surface area contributed by atoms with Gasteiger partial charge in [-0.25, -0.2) is 0 Å². The summed E-state index contributed by atoms with van der Waals surface area (Å²) in [6, 6.07) is 9.76. The summed E-state index contributed by atoms with van der Waals surface area (Å²) in [7, 11) is 0. The Bertz CT molecular complexity index is 546. The first-order valence-corrected chi connectivity index (χ1v) is 7.36. The van der Waals surface area contributed by atoms with Crippen LogP contribution in [-0.4, -0.2) is 41.5 Å². The van der Waals surface area contributed by atoms with E-state index in [2.05, 4.69) is 5.32 Å². The Morgan fingerprint density at radius 2 is 2.10 bits per heavy atom. The van der Waals surface area contributed by atoms with E-state index in [0.29, 0.717) is 19.0 Å². The van der Waals surface area contributed by atoms with Crippen molar-refractivity contribution in [3.8, 4) is 0 Å². The molecule has 5 nitrogen and oxygen atoms in total. The van der Waals surface area contributed by atoms with Gasteiger partial charge in [-0.1, -0.05) is 30.3 Å². The fraction of sp³-hybridized carbons (Fsp3) is 0.500. The Hall–Kier alpha value is -1.88. The number of piperidine rings is 1. The number of fused-ring (bicyclic) bond motifs is 1. The van der Waals surface area contributed by atoms with Crippen molar-refractivity contribution in [2.75, 3.05) is 19.6 Å². The quantitative estimate of drug-likeness (QED) is 0.851. The van der Waals surface area contributed by atoms with Crippen molar-refractivity contribution in [2.45, 2.75) is 19.4 Å². The molecule has 112 valence electrons. The summed E-state index contributed by atoms with van der Waals surface area (Å²) in [4.78, 5) is 25.3. The molecule has 2 N–H and O–H groups in total. The topological polar surface area (TPSA) is 69.6 Å². The molecule has 0 radical (unpaired) electrons. The summed E-state index contributed by atoms with van der Waals surface area (Å²) >= 11 is 0. The van der Waals surface area contributed by atoms with E-state index in [0.717, 1.165) is 24.9 Å². The summed E-state index contributed by atoms with van der Waals surface area (Å²) in [5.41, 5.74) is 0.492. The van der Waals surface area contributed by atoms with Gasteiger partial charge in [0.15, 0.2) is 0 Å². The maximum absolute atomic E-state index is 12.0. The molecule has 5 heteroatoms. The number of amides is 1. The van der Waals surface area contributed by atoms with Crippen molar-refractivity contribution >= 4 is 11.9 Å². The minimum Gasteiger partial charge on any atom is -0.481 e. The number of carbonyl (C=O) groups excluding carboxylic acids is 1. The molecular formula is C16H20N2O3. The molecule has 1 aromatic carbocycles. The number of rotatable bonds is 5. The molecule has 1 aliphatic carbocycles. The highest BCUT2D eigenvalue weighted by Gasteiger charge is 2.62. The van der Waals surface area contributed by atoms with E-state index in [4.69, 9.17) is 0 Å². The Morgan fingerprint density at radius 3 is 2.81 bits per heavy atom. The predicted octanol–water partition coefficient (Wildman–Crippen LogP) is 1.10. The van der Waals surface area contributed by atoms with Gasteiger partial charge in [-0.05, 0) is 30.9 Å². The van der Waals surface area contributed by atoms with Crippen LogP contribution >= 0.6 is 0 Å². The van der Waals surface area contributed by atoms with Gasteiger partial charge in [0, 0.05) is 13.1 Å². The van der Waals surface area contributed by atoms with E-state index in [1.807, 2.05) is 35.2 Å². The summed E-state index contributed by atoms with van der Waals surface area (Å²) in [6.07, 6.45) is 1.66. The number of nitrogens with one attached hydrogen (secondary N) is 1. The first-order chi connectivity index (χ1) is 10.1. The van der Waals surface area contributed by atoms with Gasteiger partial charge in [-0.3, -0.25) is 14.5 Å². The molecule has 1 amide bonds. The summed E-state index contributed by atoms with van der Waals surface area (Å²) in [5, 5.41) is 12.2. The summed E-state index contributed by atoms with van der Waals surface area (Å²) in [5.74, 6) is -0.431. The Labute approximate surface area is 123 Å². The first kappa shape index (κ1) is 14.1. The monoisotopic (exact) mass is 288 g/mol. The van der Waals surface area contributed by atoms with Crippen LogP contribution in [0.1, 0.15) is 18.4 Å². The molecule has 0 aromatic heterocycles. The standard InChI is InChI=1S/C16H20N2O3/c19-14(17-9-12-4-2-1-3-5-12)10-18-7-6-13-8-16(13,11-18)15(20)21/h1-5,13H,6-11H2,(H,17,19)(H,20,21). The molecule has 2 atom stereocenters. The van der Waals surface area contributed by atoms with Crippen LogP contribution in [0.25, 0.3) is 0 Å². The zero-order valence-corrected chi connectivity index (χ0v) is 11.9. The second-order valence-electron chi connectivity index (χ2n) is 6.12. The molecule has 1 saturated carbocycles. The lowest BCUT2D eigenvalue weighted by Crippen LogP contribution is -2.45. The van der Waals surface area contributed by atoms with Gasteiger partial charge >= 0.3 is 5.97 Å². The largest absolute Gasteiger partial charge is 0.481 e. The molecule has 2 fully saturated rings. The molecule has 2 unspecified atom stereocenters. The lowest BCUT2D eigenvalue weighted by molar-refractivity contribution is -0.146. The van der Waals surface area contributed by atoms with Crippen LogP contribution in [0.2, 0.25) is 0 Å². The van der Waals surface area contributed by atoms with Gasteiger partial charge in [0.05, 0.1) is 12.0 Å². The van der Waals surface area contributed by atoms with E-state index in [1.54, 1.807) is 0 Å². The molecule has 3 rings (SSSR count). The SMILES string of the molecule is O=C(CN1CCC2CC2(C(=O)O)C1)NCc1ccccc1. The van der Waals surface area contributed by atoms with Crippen LogP contribution in [0.5, 0.6) is 0 Å². The zero-order valence-electron chi connectivity index (χ0n) is 11.9. The molecule has 0 bridgehead atoms. The number of carboxylic acids is 1. The molecule has 0 spiro atoms. The Morgan fingerprint density at radius 1 is 1.33 bits per heavy atom. The molecule has 1 saturated heterocycles. The average molecular weight is 288 g/mol. The number of carbonyl (C=O) groups is 2. The highest BCUT2D eigenvalue weighted by atomic mass is 16.4. The molecule has 1 aromatic rings. The van der Waals surface area contributed by atoms with Crippen molar-refractivity contribution in [3.05, 3.63) is 35.9 Å². The fourth-order valence-corrected chi connectivity index (χ4v) is 3.29. The van der Waals surface area contributed by atoms with Crippen molar-refractivity contribution in [2.24, 2.45) is 11.3 Å². The minimum atomic E-state index is -0.707. The van der Waals surface area contributed by atoms with Crippen molar-refractivity contribution in [1.82, 2.24) is 10.2 Å². The highest BCUT2D eigenvalue weighted by molar-refractivity contribution is 5.80. The van der Waals surface area contributed by atoms with Gasteiger partial charge in [0.25, 0.3) is 0 Å². The fourth-order valence-electron chi connectivity index (χ4n) is 3.29. The minimum absolute atomic E-state index is 0.0431. The average Bonchev–Trinajstić information content (AvgIpc) is 3.21. The van der Waals surface area contributed by atoms with Gasteiger partial charge in [0.1, 0.15) is 0 Å². The third kappa shape index (κ3) is 2.93. The maximum atomic E-state index is 12.0. The lowest BCUT2D eigenvalue weighted by Gasteiger charge is -2.29. The number of nitrogens with zero attached hydrogens (tertiary/aromatic N) is 1. The number of hydrogen-bond donors (Lipinski definition) is 2. The smallest absolute Gasteiger partial charge is 0.311 e. The van der Waals surface area contributed by atoms with Crippen molar-refractivity contribution in [3.63, 3.8) is 0 Å². The summed E-state index contributed by atoms with van der Waals surface area (Å²) in [6.45, 7) is 2.12. The lowest BCUT2D eigenvalue weighted by atomic mass is 9.97.